The van der Waals surface area contributed by atoms with Crippen LogP contribution in [0.1, 0.15) is 35.1 Å². The fourth-order valence-electron chi connectivity index (χ4n) is 4.73. The van der Waals surface area contributed by atoms with E-state index in [9.17, 15) is 4.79 Å². The van der Waals surface area contributed by atoms with Crippen LogP contribution in [0.3, 0.4) is 0 Å². The minimum atomic E-state index is -0.0416. The molecule has 174 valence electrons. The number of hydrogen-bond donors (Lipinski definition) is 0. The molecule has 0 N–H and O–H groups in total. The highest BCUT2D eigenvalue weighted by Crippen LogP contribution is 2.29. The Labute approximate surface area is 207 Å². The van der Waals surface area contributed by atoms with Gasteiger partial charge in [-0.15, -0.1) is 10.2 Å². The molecule has 1 atom stereocenters. The number of halogens is 1. The molecule has 3 aromatic heterocycles. The van der Waals surface area contributed by atoms with Gasteiger partial charge < -0.3 is 4.90 Å². The summed E-state index contributed by atoms with van der Waals surface area (Å²) in [7, 11) is 0. The summed E-state index contributed by atoms with van der Waals surface area (Å²) in [4.78, 5) is 15.8. The fourth-order valence-corrected chi connectivity index (χ4v) is 4.86. The SMILES string of the molecule is O=C(c1cc(-c2ccc(Cl)cc2)nn1-c1ccccc1)N1CCCC(c2nnc3ccccn23)C1. The highest BCUT2D eigenvalue weighted by Gasteiger charge is 2.30. The maximum absolute atomic E-state index is 13.9. The molecule has 5 aromatic rings. The molecular weight excluding hydrogens is 460 g/mol. The van der Waals surface area contributed by atoms with Crippen molar-refractivity contribution in [2.24, 2.45) is 0 Å². The van der Waals surface area contributed by atoms with Crippen LogP contribution < -0.4 is 0 Å². The van der Waals surface area contributed by atoms with Gasteiger partial charge in [0.1, 0.15) is 11.5 Å². The quantitative estimate of drug-likeness (QED) is 0.350. The Balaban J connectivity index is 1.35. The van der Waals surface area contributed by atoms with E-state index in [1.807, 2.05) is 94.4 Å². The van der Waals surface area contributed by atoms with Crippen LogP contribution in [-0.2, 0) is 0 Å². The Morgan fingerprint density at radius 2 is 1.74 bits per heavy atom. The summed E-state index contributed by atoms with van der Waals surface area (Å²) in [6.45, 7) is 1.28. The summed E-state index contributed by atoms with van der Waals surface area (Å²) in [5.41, 5.74) is 3.83. The van der Waals surface area contributed by atoms with Gasteiger partial charge in [0.05, 0.1) is 11.4 Å². The van der Waals surface area contributed by atoms with Crippen molar-refractivity contribution in [2.75, 3.05) is 13.1 Å². The maximum Gasteiger partial charge on any atom is 0.272 e. The van der Waals surface area contributed by atoms with Crippen molar-refractivity contribution in [1.82, 2.24) is 29.3 Å². The van der Waals surface area contributed by atoms with E-state index in [0.29, 0.717) is 23.8 Å². The average molecular weight is 483 g/mol. The van der Waals surface area contributed by atoms with Gasteiger partial charge in [-0.2, -0.15) is 5.10 Å². The minimum absolute atomic E-state index is 0.0416. The summed E-state index contributed by atoms with van der Waals surface area (Å²) in [5.74, 6) is 0.977. The first-order chi connectivity index (χ1) is 17.2. The first-order valence-corrected chi connectivity index (χ1v) is 12.1. The Bertz CT molecular complexity index is 1490. The first kappa shape index (κ1) is 21.6. The van der Waals surface area contributed by atoms with E-state index in [2.05, 4.69) is 10.2 Å². The number of aromatic nitrogens is 5. The van der Waals surface area contributed by atoms with Crippen molar-refractivity contribution < 1.29 is 4.79 Å². The number of piperidine rings is 1. The molecule has 0 radical (unpaired) electrons. The number of benzene rings is 2. The third kappa shape index (κ3) is 4.08. The third-order valence-corrected chi connectivity index (χ3v) is 6.74. The lowest BCUT2D eigenvalue weighted by Crippen LogP contribution is -2.40. The zero-order valence-corrected chi connectivity index (χ0v) is 19.7. The van der Waals surface area contributed by atoms with Crippen LogP contribution in [0.4, 0.5) is 0 Å². The van der Waals surface area contributed by atoms with Gasteiger partial charge in [0.25, 0.3) is 5.91 Å². The van der Waals surface area contributed by atoms with E-state index < -0.39 is 0 Å². The van der Waals surface area contributed by atoms with Gasteiger partial charge in [-0.1, -0.05) is 48.0 Å². The Morgan fingerprint density at radius 3 is 2.57 bits per heavy atom. The number of carbonyl (C=O) groups excluding carboxylic acids is 1. The maximum atomic E-state index is 13.9. The summed E-state index contributed by atoms with van der Waals surface area (Å²) >= 11 is 6.08. The van der Waals surface area contributed by atoms with Crippen LogP contribution >= 0.6 is 11.6 Å². The molecule has 2 aromatic carbocycles. The number of carbonyl (C=O) groups is 1. The number of nitrogens with zero attached hydrogens (tertiary/aromatic N) is 6. The number of pyridine rings is 1. The summed E-state index contributed by atoms with van der Waals surface area (Å²) in [5, 5.41) is 14.2. The van der Waals surface area contributed by atoms with E-state index in [1.54, 1.807) is 4.68 Å². The number of likely N-dealkylation sites (tertiary alicyclic amines) is 1. The molecular formula is C27H23ClN6O. The van der Waals surface area contributed by atoms with Crippen molar-refractivity contribution in [3.63, 3.8) is 0 Å². The smallest absolute Gasteiger partial charge is 0.272 e. The molecule has 1 amide bonds. The Hall–Kier alpha value is -3.97. The molecule has 0 bridgehead atoms. The largest absolute Gasteiger partial charge is 0.337 e. The van der Waals surface area contributed by atoms with Gasteiger partial charge >= 0.3 is 0 Å². The molecule has 35 heavy (non-hydrogen) atoms. The molecule has 6 rings (SSSR count). The number of para-hydroxylation sites is 1. The molecule has 1 aliphatic rings. The topological polar surface area (TPSA) is 68.3 Å². The lowest BCUT2D eigenvalue weighted by Gasteiger charge is -2.32. The monoisotopic (exact) mass is 482 g/mol. The van der Waals surface area contributed by atoms with Crippen LogP contribution in [0.25, 0.3) is 22.6 Å². The molecule has 8 heteroatoms. The minimum Gasteiger partial charge on any atom is -0.337 e. The second-order valence-corrected chi connectivity index (χ2v) is 9.18. The highest BCUT2D eigenvalue weighted by molar-refractivity contribution is 6.30. The number of fused-ring (bicyclic) bond motifs is 1. The van der Waals surface area contributed by atoms with Crippen LogP contribution in [0, 0.1) is 0 Å². The van der Waals surface area contributed by atoms with E-state index in [4.69, 9.17) is 16.7 Å². The zero-order chi connectivity index (χ0) is 23.8. The second kappa shape index (κ2) is 9.00. The van der Waals surface area contributed by atoms with Crippen LogP contribution in [-0.4, -0.2) is 48.3 Å². The van der Waals surface area contributed by atoms with Gasteiger partial charge in [0.2, 0.25) is 0 Å². The van der Waals surface area contributed by atoms with Crippen molar-refractivity contribution in [3.05, 3.63) is 102 Å². The standard InChI is InChI=1S/C27H23ClN6O/c28-21-13-11-19(12-14-21)23-17-24(34(31-23)22-8-2-1-3-9-22)27(35)32-15-6-7-20(18-32)26-30-29-25-10-4-5-16-33(25)26/h1-5,8-14,16-17,20H,6-7,15,18H2. The van der Waals surface area contributed by atoms with Crippen molar-refractivity contribution in [1.29, 1.82) is 0 Å². The molecule has 7 nitrogen and oxygen atoms in total. The van der Waals surface area contributed by atoms with Crippen molar-refractivity contribution in [3.8, 4) is 16.9 Å². The van der Waals surface area contributed by atoms with Crippen molar-refractivity contribution in [2.45, 2.75) is 18.8 Å². The van der Waals surface area contributed by atoms with Crippen molar-refractivity contribution >= 4 is 23.2 Å². The number of rotatable bonds is 4. The molecule has 4 heterocycles. The third-order valence-electron chi connectivity index (χ3n) is 6.48. The predicted octanol–water partition coefficient (Wildman–Crippen LogP) is 5.26. The van der Waals surface area contributed by atoms with Gasteiger partial charge in [-0.3, -0.25) is 9.20 Å². The molecule has 0 spiro atoms. The Morgan fingerprint density at radius 1 is 0.943 bits per heavy atom. The van der Waals surface area contributed by atoms with E-state index >= 15 is 0 Å². The lowest BCUT2D eigenvalue weighted by atomic mass is 9.97. The number of amides is 1. The first-order valence-electron chi connectivity index (χ1n) is 11.7. The molecule has 1 aliphatic heterocycles. The molecule has 0 saturated carbocycles. The van der Waals surface area contributed by atoms with Crippen LogP contribution in [0.2, 0.25) is 5.02 Å². The Kier molecular flexibility index (Phi) is 5.54. The normalized spacial score (nSPS) is 16.0. The van der Waals surface area contributed by atoms with Gasteiger partial charge in [0, 0.05) is 35.8 Å². The predicted molar refractivity (Wildman–Crippen MR) is 135 cm³/mol. The average Bonchev–Trinajstić information content (AvgIpc) is 3.55. The molecule has 0 aliphatic carbocycles. The summed E-state index contributed by atoms with van der Waals surface area (Å²) < 4.78 is 3.76. The summed E-state index contributed by atoms with van der Waals surface area (Å²) in [6, 6.07) is 25.0. The van der Waals surface area contributed by atoms with E-state index in [-0.39, 0.29) is 11.8 Å². The number of hydrogen-bond acceptors (Lipinski definition) is 4. The summed E-state index contributed by atoms with van der Waals surface area (Å²) in [6.07, 6.45) is 3.85. The van der Waals surface area contributed by atoms with E-state index in [1.165, 1.54) is 0 Å². The van der Waals surface area contributed by atoms with E-state index in [0.717, 1.165) is 41.3 Å². The highest BCUT2D eigenvalue weighted by atomic mass is 35.5. The molecule has 1 fully saturated rings. The van der Waals surface area contributed by atoms with Gasteiger partial charge in [0.15, 0.2) is 5.65 Å². The van der Waals surface area contributed by atoms with Gasteiger partial charge in [-0.25, -0.2) is 4.68 Å². The van der Waals surface area contributed by atoms with Crippen LogP contribution in [0.5, 0.6) is 0 Å². The van der Waals surface area contributed by atoms with Gasteiger partial charge in [-0.05, 0) is 55.3 Å². The second-order valence-electron chi connectivity index (χ2n) is 8.75. The molecule has 1 unspecified atom stereocenters. The zero-order valence-electron chi connectivity index (χ0n) is 19.0. The van der Waals surface area contributed by atoms with Crippen LogP contribution in [0.15, 0.2) is 85.1 Å². The lowest BCUT2D eigenvalue weighted by molar-refractivity contribution is 0.0695. The molecule has 1 saturated heterocycles. The fraction of sp³-hybridized carbons (Fsp3) is 0.185.